The zero-order chi connectivity index (χ0) is 14.4. The minimum atomic E-state index is -0.973. The van der Waals surface area contributed by atoms with Crippen LogP contribution in [0.1, 0.15) is 30.8 Å². The van der Waals surface area contributed by atoms with Crippen LogP contribution in [0.5, 0.6) is 0 Å². The molecule has 0 bridgehead atoms. The number of esters is 1. The van der Waals surface area contributed by atoms with Crippen LogP contribution in [0, 0.1) is 5.92 Å². The number of nitrogens with one attached hydrogen (secondary N) is 1. The van der Waals surface area contributed by atoms with Gasteiger partial charge in [0.05, 0.1) is 19.5 Å². The first-order valence-corrected chi connectivity index (χ1v) is 5.89. The highest BCUT2D eigenvalue weighted by Gasteiger charge is 2.24. The van der Waals surface area contributed by atoms with Crippen LogP contribution >= 0.6 is 0 Å². The number of carbonyl (C=O) groups excluding carboxylic acids is 1. The second-order valence-corrected chi connectivity index (χ2v) is 4.13. The number of carboxylic acids is 1. The molecule has 0 aromatic carbocycles. The molecule has 0 aliphatic rings. The number of nitrogens with zero attached hydrogens (tertiary/aromatic N) is 2. The highest BCUT2D eigenvalue weighted by atomic mass is 16.5. The molecule has 1 heterocycles. The largest absolute Gasteiger partial charge is 0.480 e. The minimum absolute atomic E-state index is 0.0285. The first-order chi connectivity index (χ1) is 8.99. The zero-order valence-electron chi connectivity index (χ0n) is 11.1. The molecule has 1 aromatic rings. The van der Waals surface area contributed by atoms with Gasteiger partial charge >= 0.3 is 11.9 Å². The van der Waals surface area contributed by atoms with Crippen LogP contribution in [0.4, 0.5) is 5.82 Å². The van der Waals surface area contributed by atoms with Crippen LogP contribution in [-0.4, -0.2) is 40.2 Å². The van der Waals surface area contributed by atoms with Crippen LogP contribution in [-0.2, 0) is 9.53 Å². The maximum absolute atomic E-state index is 11.3. The van der Waals surface area contributed by atoms with Crippen molar-refractivity contribution in [1.82, 2.24) is 9.97 Å². The van der Waals surface area contributed by atoms with Crippen molar-refractivity contribution in [2.45, 2.75) is 26.3 Å². The van der Waals surface area contributed by atoms with Gasteiger partial charge in [0.1, 0.15) is 11.9 Å². The number of hydrogen-bond acceptors (Lipinski definition) is 6. The van der Waals surface area contributed by atoms with E-state index in [2.05, 4.69) is 20.0 Å². The molecule has 104 valence electrons. The lowest BCUT2D eigenvalue weighted by Crippen LogP contribution is -2.35. The summed E-state index contributed by atoms with van der Waals surface area (Å²) in [5, 5.41) is 11.9. The van der Waals surface area contributed by atoms with Crippen molar-refractivity contribution in [1.29, 1.82) is 0 Å². The lowest BCUT2D eigenvalue weighted by Gasteiger charge is -2.20. The Morgan fingerprint density at radius 3 is 2.68 bits per heavy atom. The first kappa shape index (κ1) is 14.9. The van der Waals surface area contributed by atoms with E-state index in [0.29, 0.717) is 6.42 Å². The van der Waals surface area contributed by atoms with Crippen molar-refractivity contribution < 1.29 is 19.4 Å². The van der Waals surface area contributed by atoms with Crippen LogP contribution in [0.3, 0.4) is 0 Å². The maximum Gasteiger partial charge on any atom is 0.358 e. The fourth-order valence-electron chi connectivity index (χ4n) is 1.48. The molecule has 0 unspecified atom stereocenters. The summed E-state index contributed by atoms with van der Waals surface area (Å²) in [6.45, 7) is 3.72. The number of ether oxygens (including phenoxy) is 1. The Morgan fingerprint density at radius 1 is 1.47 bits per heavy atom. The van der Waals surface area contributed by atoms with E-state index in [1.807, 2.05) is 13.8 Å². The maximum atomic E-state index is 11.3. The summed E-state index contributed by atoms with van der Waals surface area (Å²) in [7, 11) is 1.24. The standard InChI is InChI=1S/C12H17N3O4/c1-4-7(2)10(11(16)17)15-9-6-13-5-8(14-9)12(18)19-3/h5-7,10H,4H2,1-3H3,(H,14,15)(H,16,17)/t7-,10-/m0/s1. The molecule has 0 aliphatic heterocycles. The van der Waals surface area contributed by atoms with Gasteiger partial charge in [-0.05, 0) is 5.92 Å². The first-order valence-electron chi connectivity index (χ1n) is 5.89. The Kier molecular flexibility index (Phi) is 5.23. The second-order valence-electron chi connectivity index (χ2n) is 4.13. The Morgan fingerprint density at radius 2 is 2.16 bits per heavy atom. The number of carbonyl (C=O) groups is 2. The van der Waals surface area contributed by atoms with Crippen molar-refractivity contribution in [2.75, 3.05) is 12.4 Å². The lowest BCUT2D eigenvalue weighted by molar-refractivity contribution is -0.139. The van der Waals surface area contributed by atoms with Gasteiger partial charge in [0.25, 0.3) is 0 Å². The zero-order valence-corrected chi connectivity index (χ0v) is 11.1. The molecule has 2 N–H and O–H groups in total. The van der Waals surface area contributed by atoms with Gasteiger partial charge in [0, 0.05) is 0 Å². The molecule has 0 amide bonds. The topological polar surface area (TPSA) is 101 Å². The molecule has 1 rings (SSSR count). The van der Waals surface area contributed by atoms with Gasteiger partial charge in [0.2, 0.25) is 0 Å². The van der Waals surface area contributed by atoms with E-state index in [-0.39, 0.29) is 17.4 Å². The number of aliphatic carboxylic acids is 1. The highest BCUT2D eigenvalue weighted by Crippen LogP contribution is 2.13. The van der Waals surface area contributed by atoms with Gasteiger partial charge in [-0.15, -0.1) is 0 Å². The van der Waals surface area contributed by atoms with Gasteiger partial charge in [-0.2, -0.15) is 0 Å². The summed E-state index contributed by atoms with van der Waals surface area (Å²) in [6, 6.07) is -0.785. The van der Waals surface area contributed by atoms with E-state index >= 15 is 0 Å². The van der Waals surface area contributed by atoms with E-state index < -0.39 is 18.0 Å². The highest BCUT2D eigenvalue weighted by molar-refractivity contribution is 5.87. The number of methoxy groups -OCH3 is 1. The van der Waals surface area contributed by atoms with E-state index in [0.717, 1.165) is 0 Å². The summed E-state index contributed by atoms with van der Waals surface area (Å²) in [6.07, 6.45) is 3.33. The molecule has 7 nitrogen and oxygen atoms in total. The molecule has 7 heteroatoms. The van der Waals surface area contributed by atoms with E-state index in [9.17, 15) is 9.59 Å². The smallest absolute Gasteiger partial charge is 0.358 e. The van der Waals surface area contributed by atoms with Crippen LogP contribution in [0.15, 0.2) is 12.4 Å². The number of carboxylic acid groups (broad SMARTS) is 1. The summed E-state index contributed by atoms with van der Waals surface area (Å²) >= 11 is 0. The molecule has 1 aromatic heterocycles. The molecule has 19 heavy (non-hydrogen) atoms. The van der Waals surface area contributed by atoms with Crippen molar-refractivity contribution in [3.8, 4) is 0 Å². The van der Waals surface area contributed by atoms with Gasteiger partial charge in [0.15, 0.2) is 5.69 Å². The average molecular weight is 267 g/mol. The van der Waals surface area contributed by atoms with Gasteiger partial charge in [-0.3, -0.25) is 4.98 Å². The van der Waals surface area contributed by atoms with Crippen LogP contribution in [0.25, 0.3) is 0 Å². The predicted molar refractivity (Wildman–Crippen MR) is 67.9 cm³/mol. The van der Waals surface area contributed by atoms with Crippen molar-refractivity contribution in [3.05, 3.63) is 18.1 Å². The summed E-state index contributed by atoms with van der Waals surface area (Å²) in [4.78, 5) is 30.3. The van der Waals surface area contributed by atoms with Crippen LogP contribution in [0.2, 0.25) is 0 Å². The van der Waals surface area contributed by atoms with Gasteiger partial charge < -0.3 is 15.2 Å². The molecular weight excluding hydrogens is 250 g/mol. The molecule has 0 saturated heterocycles. The molecule has 0 radical (unpaired) electrons. The van der Waals surface area contributed by atoms with E-state index in [1.165, 1.54) is 19.5 Å². The summed E-state index contributed by atoms with van der Waals surface area (Å²) in [5.74, 6) is -1.44. The monoisotopic (exact) mass is 267 g/mol. The quantitative estimate of drug-likeness (QED) is 0.746. The summed E-state index contributed by atoms with van der Waals surface area (Å²) in [5.41, 5.74) is 0.0285. The number of aromatic nitrogens is 2. The Labute approximate surface area is 111 Å². The predicted octanol–water partition coefficient (Wildman–Crippen LogP) is 1.17. The molecule has 2 atom stereocenters. The van der Waals surface area contributed by atoms with Crippen molar-refractivity contribution in [3.63, 3.8) is 0 Å². The third-order valence-electron chi connectivity index (χ3n) is 2.81. The molecule has 0 fully saturated rings. The summed E-state index contributed by atoms with van der Waals surface area (Å²) < 4.78 is 4.53. The van der Waals surface area contributed by atoms with Gasteiger partial charge in [-0.1, -0.05) is 20.3 Å². The molecule has 0 aliphatic carbocycles. The number of rotatable bonds is 6. The lowest BCUT2D eigenvalue weighted by atomic mass is 9.99. The third kappa shape index (κ3) is 3.90. The second kappa shape index (κ2) is 6.67. The van der Waals surface area contributed by atoms with Gasteiger partial charge in [-0.25, -0.2) is 14.6 Å². The average Bonchev–Trinajstić information content (AvgIpc) is 2.43. The Hall–Kier alpha value is -2.18. The fraction of sp³-hybridized carbons (Fsp3) is 0.500. The normalized spacial score (nSPS) is 13.4. The fourth-order valence-corrected chi connectivity index (χ4v) is 1.48. The molecule has 0 spiro atoms. The Bertz CT molecular complexity index is 464. The molecular formula is C12H17N3O4. The molecule has 0 saturated carbocycles. The Balaban J connectivity index is 2.91. The van der Waals surface area contributed by atoms with Crippen molar-refractivity contribution in [2.24, 2.45) is 5.92 Å². The minimum Gasteiger partial charge on any atom is -0.480 e. The SMILES string of the molecule is CC[C@H](C)[C@H](Nc1cncc(C(=O)OC)n1)C(=O)O. The van der Waals surface area contributed by atoms with E-state index in [4.69, 9.17) is 5.11 Å². The third-order valence-corrected chi connectivity index (χ3v) is 2.81. The number of anilines is 1. The van der Waals surface area contributed by atoms with Crippen LogP contribution < -0.4 is 5.32 Å². The van der Waals surface area contributed by atoms with E-state index in [1.54, 1.807) is 0 Å². The number of hydrogen-bond donors (Lipinski definition) is 2. The van der Waals surface area contributed by atoms with Crippen molar-refractivity contribution >= 4 is 17.8 Å².